The molecule has 3 nitrogen and oxygen atoms in total. The zero-order chi connectivity index (χ0) is 16.9. The maximum absolute atomic E-state index is 12.3. The van der Waals surface area contributed by atoms with Gasteiger partial charge in [0.2, 0.25) is 0 Å². The van der Waals surface area contributed by atoms with Gasteiger partial charge in [-0.25, -0.2) is 4.98 Å². The molecule has 2 heterocycles. The van der Waals surface area contributed by atoms with Crippen molar-refractivity contribution in [3.8, 4) is 5.69 Å². The summed E-state index contributed by atoms with van der Waals surface area (Å²) in [6.07, 6.45) is 1.40. The highest BCUT2D eigenvalue weighted by Crippen LogP contribution is 2.36. The van der Waals surface area contributed by atoms with Gasteiger partial charge >= 0.3 is 0 Å². The fourth-order valence-electron chi connectivity index (χ4n) is 2.43. The molecular formula is C15H7Cl4IN2O. The van der Waals surface area contributed by atoms with E-state index in [1.54, 1.807) is 23.6 Å². The first kappa shape index (κ1) is 17.3. The summed E-state index contributed by atoms with van der Waals surface area (Å²) in [5.74, 6) is 0. The fourth-order valence-corrected chi connectivity index (χ4v) is 4.54. The van der Waals surface area contributed by atoms with Gasteiger partial charge in [-0.2, -0.15) is 0 Å². The van der Waals surface area contributed by atoms with Crippen LogP contribution in [-0.2, 0) is 0 Å². The van der Waals surface area contributed by atoms with E-state index in [0.29, 0.717) is 26.9 Å². The molecular weight excluding hydrogens is 493 g/mol. The van der Waals surface area contributed by atoms with Gasteiger partial charge in [-0.1, -0.05) is 46.4 Å². The van der Waals surface area contributed by atoms with Gasteiger partial charge < -0.3 is 4.57 Å². The van der Waals surface area contributed by atoms with Gasteiger partial charge in [-0.15, -0.1) is 0 Å². The van der Waals surface area contributed by atoms with Gasteiger partial charge in [0.15, 0.2) is 5.43 Å². The predicted octanol–water partition coefficient (Wildman–Crippen LogP) is 5.91. The Balaban J connectivity index is 2.59. The molecule has 0 amide bonds. The van der Waals surface area contributed by atoms with Crippen LogP contribution in [0.2, 0.25) is 20.2 Å². The molecule has 0 aliphatic carbocycles. The molecule has 0 fully saturated rings. The van der Waals surface area contributed by atoms with E-state index in [-0.39, 0.29) is 21.0 Å². The van der Waals surface area contributed by atoms with Crippen LogP contribution in [0.4, 0.5) is 0 Å². The summed E-state index contributed by atoms with van der Waals surface area (Å²) in [5.41, 5.74) is 1.35. The molecule has 0 radical (unpaired) electrons. The molecule has 0 bridgehead atoms. The lowest BCUT2D eigenvalue weighted by Gasteiger charge is -2.18. The Morgan fingerprint density at radius 2 is 1.65 bits per heavy atom. The summed E-state index contributed by atoms with van der Waals surface area (Å²) < 4.78 is 2.63. The molecule has 3 rings (SSSR count). The Labute approximate surface area is 165 Å². The number of fused-ring (bicyclic) bond motifs is 1. The second-order valence-corrected chi connectivity index (χ2v) is 7.65. The van der Waals surface area contributed by atoms with Crippen molar-refractivity contribution in [3.05, 3.63) is 64.1 Å². The first-order chi connectivity index (χ1) is 10.8. The summed E-state index contributed by atoms with van der Waals surface area (Å²) >= 11 is 27.3. The summed E-state index contributed by atoms with van der Waals surface area (Å²) in [6.45, 7) is 1.77. The van der Waals surface area contributed by atoms with Crippen molar-refractivity contribution in [2.45, 2.75) is 6.92 Å². The fraction of sp³-hybridized carbons (Fsp3) is 0.0667. The largest absolute Gasteiger partial charge is 0.309 e. The Bertz CT molecular complexity index is 994. The van der Waals surface area contributed by atoms with Gasteiger partial charge in [0, 0.05) is 21.5 Å². The number of pyridine rings is 2. The predicted molar refractivity (Wildman–Crippen MR) is 105 cm³/mol. The molecule has 0 unspecified atom stereocenters. The average Bonchev–Trinajstić information content (AvgIpc) is 2.44. The molecule has 0 atom stereocenters. The SMILES string of the molecule is Cc1cc(=O)c2c(Cl)ncc(Cl)c2n1-c1c(Cl)cc(I)cc1Cl. The van der Waals surface area contributed by atoms with Gasteiger partial charge in [-0.3, -0.25) is 4.79 Å². The zero-order valence-corrected chi connectivity index (χ0v) is 16.7. The van der Waals surface area contributed by atoms with Crippen molar-refractivity contribution >= 4 is 79.9 Å². The maximum atomic E-state index is 12.3. The van der Waals surface area contributed by atoms with E-state index in [0.717, 1.165) is 3.57 Å². The second kappa shape index (κ2) is 6.41. The second-order valence-electron chi connectivity index (χ2n) is 4.82. The Hall–Kier alpha value is -0.530. The Kier molecular flexibility index (Phi) is 4.82. The molecule has 1 aromatic carbocycles. The Morgan fingerprint density at radius 3 is 2.26 bits per heavy atom. The van der Waals surface area contributed by atoms with E-state index in [9.17, 15) is 4.79 Å². The Morgan fingerprint density at radius 1 is 1.04 bits per heavy atom. The molecule has 0 spiro atoms. The number of aromatic nitrogens is 2. The molecule has 8 heteroatoms. The van der Waals surface area contributed by atoms with Crippen molar-refractivity contribution in [2.24, 2.45) is 0 Å². The summed E-state index contributed by atoms with van der Waals surface area (Å²) in [6, 6.07) is 5.02. The van der Waals surface area contributed by atoms with E-state index in [4.69, 9.17) is 46.4 Å². The van der Waals surface area contributed by atoms with E-state index >= 15 is 0 Å². The van der Waals surface area contributed by atoms with Crippen LogP contribution in [0.3, 0.4) is 0 Å². The van der Waals surface area contributed by atoms with Crippen molar-refractivity contribution < 1.29 is 0 Å². The van der Waals surface area contributed by atoms with Gasteiger partial charge in [0.1, 0.15) is 5.15 Å². The van der Waals surface area contributed by atoms with Crippen LogP contribution >= 0.6 is 69.0 Å². The third-order valence-electron chi connectivity index (χ3n) is 3.33. The van der Waals surface area contributed by atoms with Crippen LogP contribution < -0.4 is 5.43 Å². The van der Waals surface area contributed by atoms with Crippen LogP contribution in [0, 0.1) is 10.5 Å². The van der Waals surface area contributed by atoms with Crippen LogP contribution in [0.1, 0.15) is 5.69 Å². The topological polar surface area (TPSA) is 34.9 Å². The van der Waals surface area contributed by atoms with Crippen LogP contribution in [-0.4, -0.2) is 9.55 Å². The number of benzene rings is 1. The highest BCUT2D eigenvalue weighted by atomic mass is 127. The highest BCUT2D eigenvalue weighted by Gasteiger charge is 2.19. The molecule has 118 valence electrons. The summed E-state index contributed by atoms with van der Waals surface area (Å²) in [4.78, 5) is 16.3. The monoisotopic (exact) mass is 498 g/mol. The first-order valence-electron chi connectivity index (χ1n) is 6.32. The third-order valence-corrected chi connectivity index (χ3v) is 5.09. The molecule has 3 aromatic rings. The smallest absolute Gasteiger partial charge is 0.192 e. The molecule has 0 N–H and O–H groups in total. The number of aryl methyl sites for hydroxylation is 1. The molecule has 23 heavy (non-hydrogen) atoms. The van der Waals surface area contributed by atoms with Crippen molar-refractivity contribution in [1.82, 2.24) is 9.55 Å². The summed E-state index contributed by atoms with van der Waals surface area (Å²) in [7, 11) is 0. The quantitative estimate of drug-likeness (QED) is 0.308. The van der Waals surface area contributed by atoms with Gasteiger partial charge in [0.25, 0.3) is 0 Å². The lowest BCUT2D eigenvalue weighted by atomic mass is 10.2. The standard InChI is InChI=1S/C15H7Cl4IN2O/c1-6-2-11(23)12-14(10(18)5-21-15(12)19)22(6)13-8(16)3-7(20)4-9(13)17/h2-5H,1H3. The van der Waals surface area contributed by atoms with E-state index in [1.807, 2.05) is 0 Å². The maximum Gasteiger partial charge on any atom is 0.192 e. The van der Waals surface area contributed by atoms with Crippen molar-refractivity contribution in [2.75, 3.05) is 0 Å². The summed E-state index contributed by atoms with van der Waals surface area (Å²) in [5, 5.41) is 1.49. The van der Waals surface area contributed by atoms with Crippen LogP contribution in [0.25, 0.3) is 16.6 Å². The van der Waals surface area contributed by atoms with E-state index in [2.05, 4.69) is 27.6 Å². The average molecular weight is 500 g/mol. The van der Waals surface area contributed by atoms with Gasteiger partial charge in [0.05, 0.1) is 31.7 Å². The molecule has 0 aliphatic heterocycles. The van der Waals surface area contributed by atoms with E-state index < -0.39 is 0 Å². The number of halogens is 5. The molecule has 0 saturated heterocycles. The highest BCUT2D eigenvalue weighted by molar-refractivity contribution is 14.1. The first-order valence-corrected chi connectivity index (χ1v) is 8.91. The van der Waals surface area contributed by atoms with Crippen LogP contribution in [0.5, 0.6) is 0 Å². The van der Waals surface area contributed by atoms with Crippen molar-refractivity contribution in [1.29, 1.82) is 0 Å². The number of hydrogen-bond donors (Lipinski definition) is 0. The molecule has 2 aromatic heterocycles. The lowest BCUT2D eigenvalue weighted by Crippen LogP contribution is -2.13. The number of rotatable bonds is 1. The lowest BCUT2D eigenvalue weighted by molar-refractivity contribution is 1.02. The minimum Gasteiger partial charge on any atom is -0.309 e. The molecule has 0 saturated carbocycles. The minimum absolute atomic E-state index is 0.0842. The normalized spacial score (nSPS) is 11.2. The van der Waals surface area contributed by atoms with Crippen molar-refractivity contribution in [3.63, 3.8) is 0 Å². The number of nitrogens with zero attached hydrogens (tertiary/aromatic N) is 2. The van der Waals surface area contributed by atoms with Gasteiger partial charge in [-0.05, 0) is 41.6 Å². The number of hydrogen-bond acceptors (Lipinski definition) is 2. The van der Waals surface area contributed by atoms with E-state index in [1.165, 1.54) is 12.3 Å². The zero-order valence-electron chi connectivity index (χ0n) is 11.5. The third kappa shape index (κ3) is 2.96. The van der Waals surface area contributed by atoms with Crippen LogP contribution in [0.15, 0.2) is 29.2 Å². The minimum atomic E-state index is -0.258. The molecule has 0 aliphatic rings.